The number of rotatable bonds is 5. The van der Waals surface area contributed by atoms with Crippen LogP contribution in [-0.4, -0.2) is 24.3 Å². The SMILES string of the molecule is C=CC(F)(F)c1ccc(Nc2nc(N)cc(-c3c(C)nc4ncc(F)cn34)n2)cc1. The monoisotopic (exact) mass is 411 g/mol. The Morgan fingerprint density at radius 1 is 1.17 bits per heavy atom. The van der Waals surface area contributed by atoms with Crippen molar-refractivity contribution in [2.75, 3.05) is 11.1 Å². The first-order valence-corrected chi connectivity index (χ1v) is 8.81. The average molecular weight is 411 g/mol. The summed E-state index contributed by atoms with van der Waals surface area (Å²) >= 11 is 0. The van der Waals surface area contributed by atoms with E-state index in [-0.39, 0.29) is 17.3 Å². The summed E-state index contributed by atoms with van der Waals surface area (Å²) in [5, 5.41) is 2.93. The molecule has 0 bridgehead atoms. The van der Waals surface area contributed by atoms with E-state index in [4.69, 9.17) is 5.73 Å². The number of aromatic nitrogens is 5. The fourth-order valence-electron chi connectivity index (χ4n) is 3.00. The van der Waals surface area contributed by atoms with Gasteiger partial charge in [0.15, 0.2) is 5.82 Å². The minimum absolute atomic E-state index is 0.145. The number of nitrogens with zero attached hydrogens (tertiary/aromatic N) is 5. The van der Waals surface area contributed by atoms with Crippen LogP contribution in [0.15, 0.2) is 55.4 Å². The zero-order valence-electron chi connectivity index (χ0n) is 15.8. The molecule has 0 amide bonds. The molecule has 0 aliphatic carbocycles. The van der Waals surface area contributed by atoms with E-state index in [0.29, 0.717) is 34.6 Å². The average Bonchev–Trinajstić information content (AvgIpc) is 3.03. The molecular weight excluding hydrogens is 395 g/mol. The third-order valence-corrected chi connectivity index (χ3v) is 4.39. The van der Waals surface area contributed by atoms with Gasteiger partial charge in [-0.05, 0) is 25.1 Å². The number of allylic oxidation sites excluding steroid dienone is 1. The summed E-state index contributed by atoms with van der Waals surface area (Å²) in [6, 6.07) is 7.02. The van der Waals surface area contributed by atoms with Gasteiger partial charge in [-0.1, -0.05) is 18.7 Å². The van der Waals surface area contributed by atoms with Crippen molar-refractivity contribution in [1.29, 1.82) is 0 Å². The van der Waals surface area contributed by atoms with Crippen molar-refractivity contribution >= 4 is 23.2 Å². The highest BCUT2D eigenvalue weighted by molar-refractivity contribution is 5.67. The second-order valence-electron chi connectivity index (χ2n) is 6.52. The van der Waals surface area contributed by atoms with Crippen molar-refractivity contribution < 1.29 is 13.2 Å². The third kappa shape index (κ3) is 3.54. The molecule has 0 radical (unpaired) electrons. The lowest BCUT2D eigenvalue weighted by Gasteiger charge is -2.13. The Bertz CT molecular complexity index is 1250. The van der Waals surface area contributed by atoms with Gasteiger partial charge in [0.05, 0.1) is 29.5 Å². The molecule has 0 aliphatic rings. The molecular formula is C20H16F3N7. The Hall–Kier alpha value is -3.95. The van der Waals surface area contributed by atoms with Gasteiger partial charge in [0.1, 0.15) is 5.82 Å². The number of nitrogen functional groups attached to an aromatic ring is 1. The molecule has 0 fully saturated rings. The van der Waals surface area contributed by atoms with Crippen LogP contribution >= 0.6 is 0 Å². The minimum Gasteiger partial charge on any atom is -0.384 e. The fraction of sp³-hybridized carbons (Fsp3) is 0.100. The molecule has 0 saturated carbocycles. The highest BCUT2D eigenvalue weighted by atomic mass is 19.3. The lowest BCUT2D eigenvalue weighted by Crippen LogP contribution is -2.08. The standard InChI is InChI=1S/C20H16F3N7/c1-3-20(22,23)12-4-6-14(7-5-12)27-18-28-15(8-16(24)29-18)17-11(2)26-19-25-9-13(21)10-30(17)19/h3-10H,1H2,2H3,(H3,24,27,28,29). The molecule has 0 spiro atoms. The van der Waals surface area contributed by atoms with Crippen molar-refractivity contribution in [3.63, 3.8) is 0 Å². The zero-order chi connectivity index (χ0) is 21.5. The predicted molar refractivity (Wildman–Crippen MR) is 107 cm³/mol. The van der Waals surface area contributed by atoms with E-state index in [0.717, 1.165) is 6.20 Å². The van der Waals surface area contributed by atoms with Crippen molar-refractivity contribution in [2.45, 2.75) is 12.8 Å². The fourth-order valence-corrected chi connectivity index (χ4v) is 3.00. The van der Waals surface area contributed by atoms with Crippen LogP contribution in [0.5, 0.6) is 0 Å². The first kappa shape index (κ1) is 19.4. The molecule has 3 heterocycles. The van der Waals surface area contributed by atoms with Crippen molar-refractivity contribution in [2.24, 2.45) is 0 Å². The predicted octanol–water partition coefficient (Wildman–Crippen LogP) is 4.24. The lowest BCUT2D eigenvalue weighted by atomic mass is 10.1. The van der Waals surface area contributed by atoms with Crippen LogP contribution in [0.2, 0.25) is 0 Å². The van der Waals surface area contributed by atoms with Gasteiger partial charge in [0, 0.05) is 17.3 Å². The van der Waals surface area contributed by atoms with Crippen LogP contribution in [0.4, 0.5) is 30.6 Å². The van der Waals surface area contributed by atoms with Crippen LogP contribution < -0.4 is 11.1 Å². The molecule has 152 valence electrons. The van der Waals surface area contributed by atoms with Gasteiger partial charge in [0.2, 0.25) is 11.7 Å². The molecule has 0 atom stereocenters. The molecule has 30 heavy (non-hydrogen) atoms. The maximum absolute atomic E-state index is 13.7. The Balaban J connectivity index is 1.71. The second kappa shape index (κ2) is 7.14. The van der Waals surface area contributed by atoms with E-state index in [1.807, 2.05) is 0 Å². The van der Waals surface area contributed by atoms with Gasteiger partial charge >= 0.3 is 0 Å². The number of nitrogens with one attached hydrogen (secondary N) is 1. The quantitative estimate of drug-likeness (QED) is 0.477. The van der Waals surface area contributed by atoms with E-state index in [1.54, 1.807) is 6.92 Å². The number of hydrogen-bond donors (Lipinski definition) is 2. The maximum Gasteiger partial charge on any atom is 0.291 e. The summed E-state index contributed by atoms with van der Waals surface area (Å²) in [4.78, 5) is 16.8. The third-order valence-electron chi connectivity index (χ3n) is 4.39. The molecule has 3 N–H and O–H groups in total. The molecule has 0 aliphatic heterocycles. The molecule has 3 aromatic heterocycles. The molecule has 1 aromatic carbocycles. The van der Waals surface area contributed by atoms with Crippen LogP contribution in [0, 0.1) is 12.7 Å². The lowest BCUT2D eigenvalue weighted by molar-refractivity contribution is 0.0526. The maximum atomic E-state index is 13.7. The summed E-state index contributed by atoms with van der Waals surface area (Å²) in [5.41, 5.74) is 7.71. The number of anilines is 3. The van der Waals surface area contributed by atoms with Gasteiger partial charge in [-0.15, -0.1) is 0 Å². The summed E-state index contributed by atoms with van der Waals surface area (Å²) < 4.78 is 42.5. The van der Waals surface area contributed by atoms with Gasteiger partial charge in [-0.3, -0.25) is 4.40 Å². The number of aryl methyl sites for hydroxylation is 1. The molecule has 0 unspecified atom stereocenters. The van der Waals surface area contributed by atoms with Crippen molar-refractivity contribution in [3.8, 4) is 11.4 Å². The van der Waals surface area contributed by atoms with Crippen molar-refractivity contribution in [1.82, 2.24) is 24.3 Å². The number of nitrogens with two attached hydrogens (primary N) is 1. The number of alkyl halides is 2. The van der Waals surface area contributed by atoms with E-state index in [9.17, 15) is 13.2 Å². The van der Waals surface area contributed by atoms with Crippen LogP contribution in [0.1, 0.15) is 11.3 Å². The highest BCUT2D eigenvalue weighted by Crippen LogP contribution is 2.30. The van der Waals surface area contributed by atoms with Gasteiger partial charge in [-0.25, -0.2) is 19.3 Å². The van der Waals surface area contributed by atoms with E-state index >= 15 is 0 Å². The van der Waals surface area contributed by atoms with Crippen LogP contribution in [-0.2, 0) is 5.92 Å². The molecule has 10 heteroatoms. The normalized spacial score (nSPS) is 11.6. The molecule has 4 aromatic rings. The summed E-state index contributed by atoms with van der Waals surface area (Å²) in [6.45, 7) is 4.88. The van der Waals surface area contributed by atoms with E-state index in [1.165, 1.54) is 40.9 Å². The number of imidazole rings is 1. The summed E-state index contributed by atoms with van der Waals surface area (Å²) in [6.07, 6.45) is 2.91. The smallest absolute Gasteiger partial charge is 0.291 e. The van der Waals surface area contributed by atoms with E-state index in [2.05, 4.69) is 31.8 Å². The Morgan fingerprint density at radius 2 is 1.90 bits per heavy atom. The number of fused-ring (bicyclic) bond motifs is 1. The van der Waals surface area contributed by atoms with Crippen molar-refractivity contribution in [3.05, 3.63) is 72.5 Å². The zero-order valence-corrected chi connectivity index (χ0v) is 15.8. The molecule has 4 rings (SSSR count). The van der Waals surface area contributed by atoms with Gasteiger partial charge in [0.25, 0.3) is 5.92 Å². The highest BCUT2D eigenvalue weighted by Gasteiger charge is 2.26. The minimum atomic E-state index is -3.12. The van der Waals surface area contributed by atoms with Crippen LogP contribution in [0.3, 0.4) is 0 Å². The Morgan fingerprint density at radius 3 is 2.60 bits per heavy atom. The first-order chi connectivity index (χ1) is 14.3. The number of halogens is 3. The summed E-state index contributed by atoms with van der Waals surface area (Å²) in [7, 11) is 0. The first-order valence-electron chi connectivity index (χ1n) is 8.81. The molecule has 0 saturated heterocycles. The van der Waals surface area contributed by atoms with Gasteiger partial charge < -0.3 is 11.1 Å². The summed E-state index contributed by atoms with van der Waals surface area (Å²) in [5.74, 6) is -3.03. The largest absolute Gasteiger partial charge is 0.384 e. The Labute approximate surface area is 169 Å². The number of hydrogen-bond acceptors (Lipinski definition) is 6. The number of benzene rings is 1. The van der Waals surface area contributed by atoms with Crippen LogP contribution in [0.25, 0.3) is 17.2 Å². The second-order valence-corrected chi connectivity index (χ2v) is 6.52. The Kier molecular flexibility index (Phi) is 4.61. The topological polar surface area (TPSA) is 94.0 Å². The molecule has 7 nitrogen and oxygen atoms in total. The van der Waals surface area contributed by atoms with E-state index < -0.39 is 11.7 Å². The van der Waals surface area contributed by atoms with Gasteiger partial charge in [-0.2, -0.15) is 13.8 Å².